The van der Waals surface area contributed by atoms with Crippen molar-refractivity contribution in [1.29, 1.82) is 0 Å². The highest BCUT2D eigenvalue weighted by Crippen LogP contribution is 2.36. The summed E-state index contributed by atoms with van der Waals surface area (Å²) in [6.45, 7) is 0. The van der Waals surface area contributed by atoms with Crippen molar-refractivity contribution in [2.75, 3.05) is 0 Å². The quantitative estimate of drug-likeness (QED) is 0.502. The Morgan fingerprint density at radius 3 is 2.25 bits per heavy atom. The van der Waals surface area contributed by atoms with Crippen LogP contribution in [-0.4, -0.2) is 27.4 Å². The monoisotopic (exact) mass is 272 g/mol. The number of benzene rings is 2. The zero-order valence-corrected chi connectivity index (χ0v) is 10.3. The number of amides is 1. The minimum atomic E-state index is -0.599. The van der Waals surface area contributed by atoms with E-state index in [1.54, 1.807) is 12.1 Å². The number of primary amides is 1. The van der Waals surface area contributed by atoms with Crippen molar-refractivity contribution in [3.05, 3.63) is 47.5 Å². The Labute approximate surface area is 114 Å². The molecule has 0 aliphatic carbocycles. The molecule has 6 nitrogen and oxygen atoms in total. The van der Waals surface area contributed by atoms with Gasteiger partial charge in [0, 0.05) is 17.3 Å². The van der Waals surface area contributed by atoms with Gasteiger partial charge in [-0.2, -0.15) is 0 Å². The molecule has 5 N–H and O–H groups in total. The normalized spacial score (nSPS) is 10.8. The van der Waals surface area contributed by atoms with Crippen molar-refractivity contribution in [3.63, 3.8) is 0 Å². The van der Waals surface area contributed by atoms with E-state index in [9.17, 15) is 20.1 Å². The van der Waals surface area contributed by atoms with Crippen LogP contribution in [0, 0.1) is 0 Å². The third kappa shape index (κ3) is 2.69. The zero-order valence-electron chi connectivity index (χ0n) is 10.3. The van der Waals surface area contributed by atoms with Crippen molar-refractivity contribution in [2.24, 2.45) is 10.7 Å². The third-order valence-electron chi connectivity index (χ3n) is 2.67. The zero-order chi connectivity index (χ0) is 14.7. The number of phenolic OH excluding ortho intramolecular Hbond substituents is 3. The molecule has 102 valence electrons. The fourth-order valence-corrected chi connectivity index (χ4v) is 1.54. The lowest BCUT2D eigenvalue weighted by molar-refractivity contribution is 0.100. The lowest BCUT2D eigenvalue weighted by atomic mass is 10.2. The van der Waals surface area contributed by atoms with Gasteiger partial charge in [-0.3, -0.25) is 9.79 Å². The van der Waals surface area contributed by atoms with Crippen LogP contribution in [-0.2, 0) is 0 Å². The summed E-state index contributed by atoms with van der Waals surface area (Å²) in [5.41, 5.74) is 6.28. The molecule has 0 unspecified atom stereocenters. The van der Waals surface area contributed by atoms with Gasteiger partial charge in [-0.1, -0.05) is 0 Å². The van der Waals surface area contributed by atoms with Gasteiger partial charge in [-0.05, 0) is 36.4 Å². The van der Waals surface area contributed by atoms with E-state index in [2.05, 4.69) is 4.99 Å². The summed E-state index contributed by atoms with van der Waals surface area (Å²) in [7, 11) is 0. The van der Waals surface area contributed by atoms with Gasteiger partial charge in [0.05, 0.1) is 5.69 Å². The van der Waals surface area contributed by atoms with Crippen LogP contribution in [0.2, 0.25) is 0 Å². The molecule has 0 aromatic heterocycles. The lowest BCUT2D eigenvalue weighted by Crippen LogP contribution is -2.10. The van der Waals surface area contributed by atoms with E-state index in [1.807, 2.05) is 0 Å². The molecule has 0 atom stereocenters. The Hall–Kier alpha value is -3.02. The average Bonchev–Trinajstić information content (AvgIpc) is 2.44. The molecule has 0 aliphatic heterocycles. The maximum atomic E-state index is 10.9. The average molecular weight is 272 g/mol. The Morgan fingerprint density at radius 1 is 1.00 bits per heavy atom. The fraction of sp³-hybridized carbons (Fsp3) is 0. The molecule has 2 rings (SSSR count). The fourth-order valence-electron chi connectivity index (χ4n) is 1.54. The molecule has 2 aromatic carbocycles. The largest absolute Gasteiger partial charge is 0.504 e. The maximum Gasteiger partial charge on any atom is 0.248 e. The number of nitrogens with two attached hydrogens (primary N) is 1. The van der Waals surface area contributed by atoms with Crippen LogP contribution in [0.25, 0.3) is 0 Å². The predicted octanol–water partition coefficient (Wildman–Crippen LogP) is 1.65. The third-order valence-corrected chi connectivity index (χ3v) is 2.67. The van der Waals surface area contributed by atoms with E-state index in [0.717, 1.165) is 0 Å². The number of rotatable bonds is 3. The van der Waals surface area contributed by atoms with Gasteiger partial charge in [0.15, 0.2) is 11.5 Å². The van der Waals surface area contributed by atoms with Gasteiger partial charge < -0.3 is 21.1 Å². The highest BCUT2D eigenvalue weighted by atomic mass is 16.3. The van der Waals surface area contributed by atoms with Crippen LogP contribution in [0.1, 0.15) is 15.9 Å². The molecule has 1 amide bonds. The highest BCUT2D eigenvalue weighted by molar-refractivity contribution is 5.93. The first-order chi connectivity index (χ1) is 9.49. The Balaban J connectivity index is 2.25. The summed E-state index contributed by atoms with van der Waals surface area (Å²) >= 11 is 0. The van der Waals surface area contributed by atoms with E-state index in [1.165, 1.54) is 30.5 Å². The number of carbonyl (C=O) groups excluding carboxylic acids is 1. The highest BCUT2D eigenvalue weighted by Gasteiger charge is 2.09. The first-order valence-electron chi connectivity index (χ1n) is 5.67. The topological polar surface area (TPSA) is 116 Å². The number of nitrogens with zero attached hydrogens (tertiary/aromatic N) is 1. The van der Waals surface area contributed by atoms with E-state index < -0.39 is 23.2 Å². The SMILES string of the molecule is NC(=O)c1ccc(N=Cc2ccc(O)c(O)c2O)cc1. The minimum absolute atomic E-state index is 0.249. The second-order valence-electron chi connectivity index (χ2n) is 4.04. The second kappa shape index (κ2) is 5.31. The van der Waals surface area contributed by atoms with Crippen molar-refractivity contribution in [2.45, 2.75) is 0 Å². The molecular formula is C14H12N2O4. The molecule has 0 heterocycles. The summed E-state index contributed by atoms with van der Waals surface area (Å²) < 4.78 is 0. The van der Waals surface area contributed by atoms with Crippen LogP contribution in [0.5, 0.6) is 17.2 Å². The first kappa shape index (κ1) is 13.4. The summed E-state index contributed by atoms with van der Waals surface area (Å²) in [5, 5.41) is 28.2. The van der Waals surface area contributed by atoms with Gasteiger partial charge in [0.25, 0.3) is 0 Å². The van der Waals surface area contributed by atoms with Gasteiger partial charge in [0.1, 0.15) is 0 Å². The number of aromatic hydroxyl groups is 3. The molecule has 6 heteroatoms. The first-order valence-corrected chi connectivity index (χ1v) is 5.67. The van der Waals surface area contributed by atoms with E-state index in [0.29, 0.717) is 11.3 Å². The lowest BCUT2D eigenvalue weighted by Gasteiger charge is -2.03. The Bertz CT molecular complexity index is 678. The van der Waals surface area contributed by atoms with Crippen molar-refractivity contribution >= 4 is 17.8 Å². The number of phenols is 3. The van der Waals surface area contributed by atoms with Crippen LogP contribution in [0.3, 0.4) is 0 Å². The summed E-state index contributed by atoms with van der Waals surface area (Å²) in [6.07, 6.45) is 1.33. The molecule has 0 bridgehead atoms. The van der Waals surface area contributed by atoms with Gasteiger partial charge in [-0.15, -0.1) is 0 Å². The minimum Gasteiger partial charge on any atom is -0.504 e. The number of carbonyl (C=O) groups is 1. The predicted molar refractivity (Wildman–Crippen MR) is 73.7 cm³/mol. The summed E-state index contributed by atoms with van der Waals surface area (Å²) in [6, 6.07) is 8.90. The second-order valence-corrected chi connectivity index (χ2v) is 4.04. The molecule has 20 heavy (non-hydrogen) atoms. The van der Waals surface area contributed by atoms with Gasteiger partial charge in [-0.25, -0.2) is 0 Å². The molecule has 0 aliphatic rings. The van der Waals surface area contributed by atoms with E-state index in [4.69, 9.17) is 5.73 Å². The smallest absolute Gasteiger partial charge is 0.248 e. The molecule has 0 fully saturated rings. The molecular weight excluding hydrogens is 260 g/mol. The van der Waals surface area contributed by atoms with Gasteiger partial charge in [0.2, 0.25) is 11.7 Å². The van der Waals surface area contributed by atoms with E-state index in [-0.39, 0.29) is 5.56 Å². The number of hydrogen-bond donors (Lipinski definition) is 4. The standard InChI is InChI=1S/C14H12N2O4/c15-14(20)8-1-4-10(5-2-8)16-7-9-3-6-11(17)13(19)12(9)18/h1-7,17-19H,(H2,15,20). The van der Waals surface area contributed by atoms with Crippen LogP contribution >= 0.6 is 0 Å². The Kier molecular flexibility index (Phi) is 3.56. The molecule has 0 saturated heterocycles. The molecule has 0 radical (unpaired) electrons. The van der Waals surface area contributed by atoms with Crippen LogP contribution in [0.15, 0.2) is 41.4 Å². The summed E-state index contributed by atoms with van der Waals surface area (Å²) in [5.74, 6) is -1.99. The van der Waals surface area contributed by atoms with E-state index >= 15 is 0 Å². The van der Waals surface area contributed by atoms with Crippen molar-refractivity contribution in [3.8, 4) is 17.2 Å². The van der Waals surface area contributed by atoms with Crippen molar-refractivity contribution in [1.82, 2.24) is 0 Å². The molecule has 0 saturated carbocycles. The maximum absolute atomic E-state index is 10.9. The van der Waals surface area contributed by atoms with Crippen molar-refractivity contribution < 1.29 is 20.1 Å². The molecule has 0 spiro atoms. The molecule has 2 aromatic rings. The summed E-state index contributed by atoms with van der Waals surface area (Å²) in [4.78, 5) is 15.0. The Morgan fingerprint density at radius 2 is 1.65 bits per heavy atom. The number of aliphatic imine (C=N–C) groups is 1. The van der Waals surface area contributed by atoms with Crippen LogP contribution in [0.4, 0.5) is 5.69 Å². The number of hydrogen-bond acceptors (Lipinski definition) is 5. The van der Waals surface area contributed by atoms with Crippen LogP contribution < -0.4 is 5.73 Å². The van der Waals surface area contributed by atoms with Gasteiger partial charge >= 0.3 is 0 Å².